The van der Waals surface area contributed by atoms with E-state index >= 15 is 0 Å². The van der Waals surface area contributed by atoms with Crippen LogP contribution in [0.5, 0.6) is 5.75 Å². The van der Waals surface area contributed by atoms with Gasteiger partial charge in [-0.2, -0.15) is 0 Å². The van der Waals surface area contributed by atoms with Gasteiger partial charge in [0.15, 0.2) is 0 Å². The highest BCUT2D eigenvalue weighted by Gasteiger charge is 2.32. The Bertz CT molecular complexity index is 509. The van der Waals surface area contributed by atoms with Crippen LogP contribution < -0.4 is 10.5 Å². The number of nitrogens with zero attached hydrogens (tertiary/aromatic N) is 1. The molecule has 2 heterocycles. The van der Waals surface area contributed by atoms with Gasteiger partial charge >= 0.3 is 0 Å². The van der Waals surface area contributed by atoms with E-state index in [-0.39, 0.29) is 17.9 Å². The fourth-order valence-corrected chi connectivity index (χ4v) is 3.54. The first-order valence-corrected chi connectivity index (χ1v) is 9.04. The van der Waals surface area contributed by atoms with Crippen LogP contribution in [0.4, 0.5) is 0 Å². The maximum absolute atomic E-state index is 12.6. The Balaban J connectivity index is 1.41. The molecule has 1 aromatic carbocycles. The summed E-state index contributed by atoms with van der Waals surface area (Å²) in [6, 6.07) is 9.53. The van der Waals surface area contributed by atoms with E-state index in [9.17, 15) is 4.79 Å². The van der Waals surface area contributed by atoms with Gasteiger partial charge in [-0.25, -0.2) is 0 Å². The summed E-state index contributed by atoms with van der Waals surface area (Å²) in [5.74, 6) is 1.81. The number of carbonyl (C=O) groups is 1. The standard InChI is InChI=1S/C19H28N2O3/c20-18(16-8-12-23-13-9-16)19(22)21-10-6-15(7-11-21)14-24-17-4-2-1-3-5-17/h1-5,15-16,18H,6-14,20H2. The Labute approximate surface area is 144 Å². The van der Waals surface area contributed by atoms with Crippen molar-refractivity contribution in [2.45, 2.75) is 31.7 Å². The fourth-order valence-electron chi connectivity index (χ4n) is 3.54. The maximum Gasteiger partial charge on any atom is 0.239 e. The normalized spacial score (nSPS) is 21.5. The highest BCUT2D eigenvalue weighted by molar-refractivity contribution is 5.82. The molecule has 0 aliphatic carbocycles. The van der Waals surface area contributed by atoms with Crippen LogP contribution in [0.25, 0.3) is 0 Å². The Morgan fingerprint density at radius 3 is 2.50 bits per heavy atom. The van der Waals surface area contributed by atoms with Crippen LogP contribution in [-0.2, 0) is 9.53 Å². The first kappa shape index (κ1) is 17.2. The molecule has 2 fully saturated rings. The lowest BCUT2D eigenvalue weighted by molar-refractivity contribution is -0.136. The number of benzene rings is 1. The second kappa shape index (κ2) is 8.49. The predicted molar refractivity (Wildman–Crippen MR) is 92.8 cm³/mol. The van der Waals surface area contributed by atoms with Gasteiger partial charge in [0.1, 0.15) is 5.75 Å². The molecule has 0 spiro atoms. The zero-order valence-corrected chi connectivity index (χ0v) is 14.2. The topological polar surface area (TPSA) is 64.8 Å². The summed E-state index contributed by atoms with van der Waals surface area (Å²) >= 11 is 0. The number of nitrogens with two attached hydrogens (primary N) is 1. The Hall–Kier alpha value is -1.59. The van der Waals surface area contributed by atoms with Gasteiger partial charge in [-0.15, -0.1) is 0 Å². The summed E-state index contributed by atoms with van der Waals surface area (Å²) in [5, 5.41) is 0. The van der Waals surface area contributed by atoms with Gasteiger partial charge in [-0.1, -0.05) is 18.2 Å². The molecule has 0 saturated carbocycles. The molecule has 1 unspecified atom stereocenters. The number of ether oxygens (including phenoxy) is 2. The molecule has 2 aliphatic heterocycles. The minimum atomic E-state index is -0.369. The van der Waals surface area contributed by atoms with Crippen molar-refractivity contribution < 1.29 is 14.3 Å². The molecule has 2 aliphatic rings. The SMILES string of the molecule is NC(C(=O)N1CCC(COc2ccccc2)CC1)C1CCOCC1. The van der Waals surface area contributed by atoms with E-state index in [1.165, 1.54) is 0 Å². The van der Waals surface area contributed by atoms with Crippen LogP contribution >= 0.6 is 0 Å². The number of amides is 1. The van der Waals surface area contributed by atoms with Gasteiger partial charge in [0, 0.05) is 26.3 Å². The van der Waals surface area contributed by atoms with Gasteiger partial charge in [0.05, 0.1) is 12.6 Å². The van der Waals surface area contributed by atoms with Gasteiger partial charge in [-0.3, -0.25) is 4.79 Å². The molecule has 3 rings (SSSR count). The number of hydrogen-bond acceptors (Lipinski definition) is 4. The van der Waals surface area contributed by atoms with Crippen molar-refractivity contribution in [2.24, 2.45) is 17.6 Å². The molecule has 132 valence electrons. The van der Waals surface area contributed by atoms with Gasteiger partial charge in [0.25, 0.3) is 0 Å². The minimum absolute atomic E-state index is 0.115. The average molecular weight is 332 g/mol. The number of carbonyl (C=O) groups excluding carboxylic acids is 1. The van der Waals surface area contributed by atoms with E-state index in [1.54, 1.807) is 0 Å². The van der Waals surface area contributed by atoms with E-state index in [4.69, 9.17) is 15.2 Å². The number of piperidine rings is 1. The van der Waals surface area contributed by atoms with Crippen molar-refractivity contribution in [1.29, 1.82) is 0 Å². The number of likely N-dealkylation sites (tertiary alicyclic amines) is 1. The highest BCUT2D eigenvalue weighted by atomic mass is 16.5. The minimum Gasteiger partial charge on any atom is -0.493 e. The smallest absolute Gasteiger partial charge is 0.239 e. The zero-order valence-electron chi connectivity index (χ0n) is 14.2. The first-order chi connectivity index (χ1) is 11.7. The van der Waals surface area contributed by atoms with Crippen LogP contribution in [0.2, 0.25) is 0 Å². The summed E-state index contributed by atoms with van der Waals surface area (Å²) < 4.78 is 11.2. The summed E-state index contributed by atoms with van der Waals surface area (Å²) in [7, 11) is 0. The third-order valence-electron chi connectivity index (χ3n) is 5.21. The largest absolute Gasteiger partial charge is 0.493 e. The Kier molecular flexibility index (Phi) is 6.10. The number of hydrogen-bond donors (Lipinski definition) is 1. The summed E-state index contributed by atoms with van der Waals surface area (Å²) in [6.45, 7) is 3.75. The highest BCUT2D eigenvalue weighted by Crippen LogP contribution is 2.23. The lowest BCUT2D eigenvalue weighted by Crippen LogP contribution is -2.51. The molecule has 5 heteroatoms. The molecule has 24 heavy (non-hydrogen) atoms. The fraction of sp³-hybridized carbons (Fsp3) is 0.632. The van der Waals surface area contributed by atoms with Gasteiger partial charge < -0.3 is 20.1 Å². The predicted octanol–water partition coefficient (Wildman–Crippen LogP) is 2.06. The summed E-state index contributed by atoms with van der Waals surface area (Å²) in [5.41, 5.74) is 6.22. The van der Waals surface area contributed by atoms with Gasteiger partial charge in [0.2, 0.25) is 5.91 Å². The summed E-state index contributed by atoms with van der Waals surface area (Å²) in [4.78, 5) is 14.6. The number of rotatable bonds is 5. The van der Waals surface area contributed by atoms with E-state index < -0.39 is 0 Å². The first-order valence-electron chi connectivity index (χ1n) is 9.04. The third kappa shape index (κ3) is 4.48. The van der Waals surface area contributed by atoms with Crippen LogP contribution in [0, 0.1) is 11.8 Å². The van der Waals surface area contributed by atoms with Crippen molar-refractivity contribution >= 4 is 5.91 Å². The second-order valence-corrected chi connectivity index (χ2v) is 6.87. The summed E-state index contributed by atoms with van der Waals surface area (Å²) in [6.07, 6.45) is 3.76. The van der Waals surface area contributed by atoms with Crippen molar-refractivity contribution in [3.8, 4) is 5.75 Å². The monoisotopic (exact) mass is 332 g/mol. The molecule has 2 N–H and O–H groups in total. The van der Waals surface area contributed by atoms with Crippen molar-refractivity contribution in [2.75, 3.05) is 32.9 Å². The van der Waals surface area contributed by atoms with Crippen LogP contribution in [0.3, 0.4) is 0 Å². The van der Waals surface area contributed by atoms with Crippen LogP contribution in [-0.4, -0.2) is 49.8 Å². The van der Waals surface area contributed by atoms with Crippen molar-refractivity contribution in [3.63, 3.8) is 0 Å². The quantitative estimate of drug-likeness (QED) is 0.896. The molecule has 0 aromatic heterocycles. The van der Waals surface area contributed by atoms with Crippen LogP contribution in [0.15, 0.2) is 30.3 Å². The molecule has 1 amide bonds. The molecular formula is C19H28N2O3. The van der Waals surface area contributed by atoms with E-state index in [1.807, 2.05) is 35.2 Å². The molecular weight excluding hydrogens is 304 g/mol. The molecule has 0 radical (unpaired) electrons. The van der Waals surface area contributed by atoms with E-state index in [2.05, 4.69) is 0 Å². The lowest BCUT2D eigenvalue weighted by Gasteiger charge is -2.36. The third-order valence-corrected chi connectivity index (χ3v) is 5.21. The van der Waals surface area contributed by atoms with Crippen LogP contribution in [0.1, 0.15) is 25.7 Å². The molecule has 0 bridgehead atoms. The van der Waals surface area contributed by atoms with Gasteiger partial charge in [-0.05, 0) is 49.7 Å². The maximum atomic E-state index is 12.6. The Morgan fingerprint density at radius 1 is 1.17 bits per heavy atom. The molecule has 5 nitrogen and oxygen atoms in total. The average Bonchev–Trinajstić information content (AvgIpc) is 2.67. The van der Waals surface area contributed by atoms with E-state index in [0.717, 1.165) is 64.3 Å². The van der Waals surface area contributed by atoms with Crippen molar-refractivity contribution in [1.82, 2.24) is 4.90 Å². The lowest BCUT2D eigenvalue weighted by atomic mass is 9.90. The molecule has 2 saturated heterocycles. The number of para-hydroxylation sites is 1. The Morgan fingerprint density at radius 2 is 1.83 bits per heavy atom. The van der Waals surface area contributed by atoms with E-state index in [0.29, 0.717) is 5.92 Å². The molecule has 1 atom stereocenters. The second-order valence-electron chi connectivity index (χ2n) is 6.87. The van der Waals surface area contributed by atoms with Crippen molar-refractivity contribution in [3.05, 3.63) is 30.3 Å². The zero-order chi connectivity index (χ0) is 16.8. The molecule has 1 aromatic rings.